The molecule has 1 amide bonds. The number of hydrogen-bond donors (Lipinski definition) is 2. The van der Waals surface area contributed by atoms with Gasteiger partial charge in [0.25, 0.3) is 5.91 Å². The third kappa shape index (κ3) is 7.82. The van der Waals surface area contributed by atoms with Crippen molar-refractivity contribution in [2.24, 2.45) is 0 Å². The van der Waals surface area contributed by atoms with Gasteiger partial charge in [0.15, 0.2) is 0 Å². The lowest BCUT2D eigenvalue weighted by molar-refractivity contribution is -0.117. The molecule has 1 rings (SSSR count). The maximum absolute atomic E-state index is 11.8. The lowest BCUT2D eigenvalue weighted by Gasteiger charge is -2.06. The molecule has 0 atom stereocenters. The van der Waals surface area contributed by atoms with E-state index in [0.717, 1.165) is 17.3 Å². The maximum atomic E-state index is 11.8. The van der Waals surface area contributed by atoms with Gasteiger partial charge in [0.2, 0.25) is 0 Å². The Morgan fingerprint density at radius 3 is 2.87 bits per heavy atom. The van der Waals surface area contributed by atoms with Crippen LogP contribution in [0.5, 0.6) is 0 Å². The van der Waals surface area contributed by atoms with Gasteiger partial charge in [-0.15, -0.1) is 0 Å². The molecule has 0 aliphatic rings. The Bertz CT molecular complexity index is 567. The first-order valence-corrected chi connectivity index (χ1v) is 8.41. The second kappa shape index (κ2) is 11.7. The number of nitrogens with zero attached hydrogens (tertiary/aromatic N) is 1. The molecule has 2 N–H and O–H groups in total. The van der Waals surface area contributed by atoms with Gasteiger partial charge in [-0.3, -0.25) is 4.79 Å². The average molecular weight is 380 g/mol. The SMILES string of the molecule is CCOCCCNC(=O)/C(C#N)=C\NCCc1ccccc1Br. The van der Waals surface area contributed by atoms with E-state index >= 15 is 0 Å². The summed E-state index contributed by atoms with van der Waals surface area (Å²) >= 11 is 3.49. The van der Waals surface area contributed by atoms with Gasteiger partial charge in [-0.25, -0.2) is 0 Å². The van der Waals surface area contributed by atoms with E-state index in [9.17, 15) is 4.79 Å². The van der Waals surface area contributed by atoms with Crippen LogP contribution in [0.15, 0.2) is 40.5 Å². The van der Waals surface area contributed by atoms with E-state index in [2.05, 4.69) is 26.6 Å². The highest BCUT2D eigenvalue weighted by Gasteiger charge is 2.07. The molecule has 5 nitrogen and oxygen atoms in total. The largest absolute Gasteiger partial charge is 0.389 e. The van der Waals surface area contributed by atoms with Crippen molar-refractivity contribution in [3.8, 4) is 6.07 Å². The minimum Gasteiger partial charge on any atom is -0.389 e. The van der Waals surface area contributed by atoms with Crippen LogP contribution in [-0.2, 0) is 16.0 Å². The fourth-order valence-corrected chi connectivity index (χ4v) is 2.33. The van der Waals surface area contributed by atoms with Crippen LogP contribution in [0.25, 0.3) is 0 Å². The van der Waals surface area contributed by atoms with E-state index in [1.165, 1.54) is 11.8 Å². The Morgan fingerprint density at radius 1 is 1.39 bits per heavy atom. The van der Waals surface area contributed by atoms with E-state index in [1.807, 2.05) is 37.3 Å². The van der Waals surface area contributed by atoms with Crippen molar-refractivity contribution < 1.29 is 9.53 Å². The molecule has 0 saturated carbocycles. The molecule has 0 aromatic heterocycles. The van der Waals surface area contributed by atoms with Gasteiger partial charge >= 0.3 is 0 Å². The number of benzene rings is 1. The van der Waals surface area contributed by atoms with E-state index in [4.69, 9.17) is 10.00 Å². The van der Waals surface area contributed by atoms with Gasteiger partial charge in [-0.2, -0.15) is 5.26 Å². The molecule has 1 aromatic carbocycles. The Balaban J connectivity index is 2.33. The third-order valence-corrected chi connectivity index (χ3v) is 3.84. The smallest absolute Gasteiger partial charge is 0.263 e. The van der Waals surface area contributed by atoms with Crippen molar-refractivity contribution in [2.45, 2.75) is 19.8 Å². The normalized spacial score (nSPS) is 10.9. The minimum absolute atomic E-state index is 0.0773. The zero-order valence-corrected chi connectivity index (χ0v) is 14.9. The quantitative estimate of drug-likeness (QED) is 0.372. The average Bonchev–Trinajstić information content (AvgIpc) is 2.56. The number of carbonyl (C=O) groups is 1. The number of nitrogens with one attached hydrogen (secondary N) is 2. The lowest BCUT2D eigenvalue weighted by atomic mass is 10.1. The van der Waals surface area contributed by atoms with Crippen molar-refractivity contribution in [3.63, 3.8) is 0 Å². The van der Waals surface area contributed by atoms with Crippen molar-refractivity contribution in [1.82, 2.24) is 10.6 Å². The van der Waals surface area contributed by atoms with Crippen LogP contribution >= 0.6 is 15.9 Å². The summed E-state index contributed by atoms with van der Waals surface area (Å²) in [5.74, 6) is -0.364. The van der Waals surface area contributed by atoms with Crippen LogP contribution in [-0.4, -0.2) is 32.2 Å². The molecule has 0 heterocycles. The predicted octanol–water partition coefficient (Wildman–Crippen LogP) is 2.53. The van der Waals surface area contributed by atoms with E-state index < -0.39 is 0 Å². The number of nitriles is 1. The highest BCUT2D eigenvalue weighted by atomic mass is 79.9. The maximum Gasteiger partial charge on any atom is 0.263 e. The molecule has 0 aliphatic carbocycles. The van der Waals surface area contributed by atoms with Crippen molar-refractivity contribution in [1.29, 1.82) is 5.26 Å². The summed E-state index contributed by atoms with van der Waals surface area (Å²) in [7, 11) is 0. The molecule has 1 aromatic rings. The van der Waals surface area contributed by atoms with Crippen LogP contribution in [0.4, 0.5) is 0 Å². The first-order chi connectivity index (χ1) is 11.2. The number of amides is 1. The number of rotatable bonds is 10. The monoisotopic (exact) mass is 379 g/mol. The molecule has 124 valence electrons. The molecular weight excluding hydrogens is 358 g/mol. The molecule has 0 aliphatic heterocycles. The Hall–Kier alpha value is -1.84. The lowest BCUT2D eigenvalue weighted by Crippen LogP contribution is -2.27. The van der Waals surface area contributed by atoms with Crippen molar-refractivity contribution in [3.05, 3.63) is 46.1 Å². The Kier molecular flexibility index (Phi) is 9.76. The highest BCUT2D eigenvalue weighted by Crippen LogP contribution is 2.15. The number of carbonyl (C=O) groups excluding carboxylic acids is 1. The molecule has 0 saturated heterocycles. The van der Waals surface area contributed by atoms with Gasteiger partial charge in [0, 0.05) is 37.0 Å². The van der Waals surface area contributed by atoms with E-state index in [0.29, 0.717) is 26.3 Å². The molecule has 0 fully saturated rings. The van der Waals surface area contributed by atoms with Crippen LogP contribution in [0, 0.1) is 11.3 Å². The Labute approximate surface area is 145 Å². The number of hydrogen-bond acceptors (Lipinski definition) is 4. The first kappa shape index (κ1) is 19.2. The summed E-state index contributed by atoms with van der Waals surface area (Å²) in [6.45, 7) is 4.33. The minimum atomic E-state index is -0.364. The number of halogens is 1. The standard InChI is InChI=1S/C17H22BrN3O2/c1-2-23-11-5-9-21-17(22)15(12-19)13-20-10-8-14-6-3-4-7-16(14)18/h3-4,6-7,13,20H,2,5,8-11H2,1H3,(H,21,22)/b15-13-. The number of ether oxygens (including phenoxy) is 1. The predicted molar refractivity (Wildman–Crippen MR) is 93.7 cm³/mol. The van der Waals surface area contributed by atoms with Gasteiger partial charge in [-0.1, -0.05) is 34.1 Å². The summed E-state index contributed by atoms with van der Waals surface area (Å²) < 4.78 is 6.24. The molecule has 0 unspecified atom stereocenters. The van der Waals surface area contributed by atoms with Crippen molar-refractivity contribution >= 4 is 21.8 Å². The van der Waals surface area contributed by atoms with Gasteiger partial charge in [0.05, 0.1) is 0 Å². The van der Waals surface area contributed by atoms with Gasteiger partial charge < -0.3 is 15.4 Å². The summed E-state index contributed by atoms with van der Waals surface area (Å²) in [6.07, 6.45) is 3.00. The summed E-state index contributed by atoms with van der Waals surface area (Å²) in [5, 5.41) is 14.8. The van der Waals surface area contributed by atoms with Crippen molar-refractivity contribution in [2.75, 3.05) is 26.3 Å². The topological polar surface area (TPSA) is 74.1 Å². The second-order valence-electron chi connectivity index (χ2n) is 4.77. The highest BCUT2D eigenvalue weighted by molar-refractivity contribution is 9.10. The van der Waals surface area contributed by atoms with Crippen LogP contribution in [0.3, 0.4) is 0 Å². The fourth-order valence-electron chi connectivity index (χ4n) is 1.85. The Morgan fingerprint density at radius 2 is 2.17 bits per heavy atom. The van der Waals surface area contributed by atoms with E-state index in [1.54, 1.807) is 0 Å². The molecule has 23 heavy (non-hydrogen) atoms. The molecule has 6 heteroatoms. The van der Waals surface area contributed by atoms with Crippen LogP contribution in [0.1, 0.15) is 18.9 Å². The van der Waals surface area contributed by atoms with E-state index in [-0.39, 0.29) is 11.5 Å². The molecule has 0 bridgehead atoms. The summed E-state index contributed by atoms with van der Waals surface area (Å²) in [6, 6.07) is 9.87. The van der Waals surface area contributed by atoms with Gasteiger partial charge in [0.1, 0.15) is 11.6 Å². The first-order valence-electron chi connectivity index (χ1n) is 7.62. The zero-order chi connectivity index (χ0) is 16.9. The summed E-state index contributed by atoms with van der Waals surface area (Å²) in [4.78, 5) is 11.8. The van der Waals surface area contributed by atoms with Gasteiger partial charge in [-0.05, 0) is 31.4 Å². The second-order valence-corrected chi connectivity index (χ2v) is 5.63. The zero-order valence-electron chi connectivity index (χ0n) is 13.3. The van der Waals surface area contributed by atoms with Crippen LogP contribution in [0.2, 0.25) is 0 Å². The molecule has 0 radical (unpaired) electrons. The third-order valence-electron chi connectivity index (χ3n) is 3.06. The molecular formula is C17H22BrN3O2. The fraction of sp³-hybridized carbons (Fsp3) is 0.412. The summed E-state index contributed by atoms with van der Waals surface area (Å²) in [5.41, 5.74) is 1.25. The molecule has 0 spiro atoms. The van der Waals surface area contributed by atoms with Crippen LogP contribution < -0.4 is 10.6 Å².